The Morgan fingerprint density at radius 1 is 1.38 bits per heavy atom. The van der Waals surface area contributed by atoms with E-state index in [1.807, 2.05) is 6.07 Å². The van der Waals surface area contributed by atoms with Crippen LogP contribution >= 0.6 is 0 Å². The Kier molecular flexibility index (Phi) is 5.35. The second-order valence-electron chi connectivity index (χ2n) is 6.28. The van der Waals surface area contributed by atoms with Gasteiger partial charge in [0.2, 0.25) is 11.8 Å². The van der Waals surface area contributed by atoms with Crippen molar-refractivity contribution in [3.63, 3.8) is 0 Å². The maximum absolute atomic E-state index is 12.2. The van der Waals surface area contributed by atoms with Crippen molar-refractivity contribution in [3.05, 3.63) is 18.2 Å². The van der Waals surface area contributed by atoms with Gasteiger partial charge < -0.3 is 19.7 Å². The summed E-state index contributed by atoms with van der Waals surface area (Å²) in [5.41, 5.74) is 1.39. The van der Waals surface area contributed by atoms with Crippen LogP contribution in [0.4, 0.5) is 11.4 Å². The average Bonchev–Trinajstić information content (AvgIpc) is 3.08. The molecule has 2 saturated heterocycles. The first-order chi connectivity index (χ1) is 11.7. The first kappa shape index (κ1) is 16.8. The van der Waals surface area contributed by atoms with Gasteiger partial charge in [0.25, 0.3) is 0 Å². The van der Waals surface area contributed by atoms with Crippen molar-refractivity contribution in [2.45, 2.75) is 44.6 Å². The number of carbonyl (C=O) groups excluding carboxylic acids is 2. The second-order valence-corrected chi connectivity index (χ2v) is 6.28. The fourth-order valence-electron chi connectivity index (χ4n) is 3.26. The number of hydrogen-bond donors (Lipinski definition) is 1. The quantitative estimate of drug-likeness (QED) is 0.900. The Labute approximate surface area is 142 Å². The topological polar surface area (TPSA) is 67.9 Å². The number of methoxy groups -OCH3 is 1. The smallest absolute Gasteiger partial charge is 0.227 e. The molecule has 0 spiro atoms. The Balaban J connectivity index is 1.73. The Morgan fingerprint density at radius 3 is 2.96 bits per heavy atom. The van der Waals surface area contributed by atoms with Gasteiger partial charge in [-0.1, -0.05) is 0 Å². The molecule has 0 aromatic heterocycles. The minimum atomic E-state index is -0.0667. The Hall–Kier alpha value is -2.08. The maximum Gasteiger partial charge on any atom is 0.227 e. The molecule has 0 unspecified atom stereocenters. The van der Waals surface area contributed by atoms with Crippen LogP contribution in [0.15, 0.2) is 18.2 Å². The zero-order valence-electron chi connectivity index (χ0n) is 14.0. The highest BCUT2D eigenvalue weighted by molar-refractivity contribution is 5.97. The van der Waals surface area contributed by atoms with Gasteiger partial charge in [-0.2, -0.15) is 0 Å². The van der Waals surface area contributed by atoms with E-state index in [1.165, 1.54) is 0 Å². The summed E-state index contributed by atoms with van der Waals surface area (Å²) < 4.78 is 10.9. The van der Waals surface area contributed by atoms with Crippen molar-refractivity contribution in [1.82, 2.24) is 0 Å². The van der Waals surface area contributed by atoms with Crippen LogP contribution in [0.5, 0.6) is 5.75 Å². The molecule has 2 amide bonds. The van der Waals surface area contributed by atoms with E-state index in [-0.39, 0.29) is 17.9 Å². The molecule has 6 heteroatoms. The lowest BCUT2D eigenvalue weighted by Gasteiger charge is -2.28. The van der Waals surface area contributed by atoms with E-state index in [9.17, 15) is 9.59 Å². The van der Waals surface area contributed by atoms with E-state index in [2.05, 4.69) is 5.32 Å². The number of benzene rings is 1. The van der Waals surface area contributed by atoms with Gasteiger partial charge in [0, 0.05) is 25.3 Å². The molecule has 3 rings (SSSR count). The zero-order valence-corrected chi connectivity index (χ0v) is 14.0. The molecule has 2 aliphatic rings. The molecule has 24 heavy (non-hydrogen) atoms. The molecule has 1 N–H and O–H groups in total. The highest BCUT2D eigenvalue weighted by atomic mass is 16.5. The summed E-state index contributed by atoms with van der Waals surface area (Å²) in [5, 5.41) is 2.90. The largest absolute Gasteiger partial charge is 0.495 e. The van der Waals surface area contributed by atoms with Crippen LogP contribution in [-0.2, 0) is 14.3 Å². The number of piperidine rings is 1. The molecule has 0 aliphatic carbocycles. The lowest BCUT2D eigenvalue weighted by molar-refractivity contribution is -0.119. The molecule has 1 atom stereocenters. The summed E-state index contributed by atoms with van der Waals surface area (Å²) in [6.07, 6.45) is 4.79. The Morgan fingerprint density at radius 2 is 2.25 bits per heavy atom. The molecule has 0 bridgehead atoms. The normalized spacial score (nSPS) is 21.0. The van der Waals surface area contributed by atoms with Gasteiger partial charge in [-0.15, -0.1) is 0 Å². The van der Waals surface area contributed by atoms with Gasteiger partial charge >= 0.3 is 0 Å². The monoisotopic (exact) mass is 332 g/mol. The van der Waals surface area contributed by atoms with Gasteiger partial charge in [-0.25, -0.2) is 0 Å². The molecule has 0 radical (unpaired) electrons. The van der Waals surface area contributed by atoms with Crippen molar-refractivity contribution in [2.75, 3.05) is 30.5 Å². The molecular formula is C18H24N2O4. The van der Waals surface area contributed by atoms with Crippen molar-refractivity contribution in [1.29, 1.82) is 0 Å². The molecule has 2 fully saturated rings. The molecule has 2 aliphatic heterocycles. The summed E-state index contributed by atoms with van der Waals surface area (Å²) in [4.78, 5) is 26.1. The molecule has 2 heterocycles. The first-order valence-corrected chi connectivity index (χ1v) is 8.57. The molecule has 0 saturated carbocycles. The number of nitrogens with zero attached hydrogens (tertiary/aromatic N) is 1. The lowest BCUT2D eigenvalue weighted by Crippen LogP contribution is -2.35. The molecule has 1 aromatic rings. The van der Waals surface area contributed by atoms with Crippen LogP contribution in [0.1, 0.15) is 38.5 Å². The van der Waals surface area contributed by atoms with E-state index >= 15 is 0 Å². The standard InChI is InChI=1S/C18H24N2O4/c1-23-16-8-7-13(19-17(21)12-14-5-4-10-24-14)11-15(16)20-9-3-2-6-18(20)22/h7-8,11,14H,2-6,9-10,12H2,1H3,(H,19,21)/t14-/m1/s1. The van der Waals surface area contributed by atoms with Gasteiger partial charge in [-0.3, -0.25) is 9.59 Å². The van der Waals surface area contributed by atoms with Crippen LogP contribution in [0.3, 0.4) is 0 Å². The van der Waals surface area contributed by atoms with Gasteiger partial charge in [-0.05, 0) is 43.9 Å². The fourth-order valence-corrected chi connectivity index (χ4v) is 3.26. The number of carbonyl (C=O) groups is 2. The predicted octanol–water partition coefficient (Wildman–Crippen LogP) is 2.72. The third-order valence-corrected chi connectivity index (χ3v) is 4.51. The van der Waals surface area contributed by atoms with Crippen molar-refractivity contribution in [3.8, 4) is 5.75 Å². The minimum Gasteiger partial charge on any atom is -0.495 e. The zero-order chi connectivity index (χ0) is 16.9. The average molecular weight is 332 g/mol. The van der Waals surface area contributed by atoms with Crippen LogP contribution in [0, 0.1) is 0 Å². The second kappa shape index (κ2) is 7.66. The predicted molar refractivity (Wildman–Crippen MR) is 91.4 cm³/mol. The Bertz CT molecular complexity index is 611. The van der Waals surface area contributed by atoms with Gasteiger partial charge in [0.05, 0.1) is 25.3 Å². The number of amides is 2. The van der Waals surface area contributed by atoms with Gasteiger partial charge in [0.15, 0.2) is 0 Å². The molecular weight excluding hydrogens is 308 g/mol. The lowest BCUT2D eigenvalue weighted by atomic mass is 10.1. The van der Waals surface area contributed by atoms with E-state index in [0.717, 1.165) is 38.0 Å². The van der Waals surface area contributed by atoms with E-state index in [0.29, 0.717) is 30.8 Å². The SMILES string of the molecule is COc1ccc(NC(=O)C[C@H]2CCCO2)cc1N1CCCCC1=O. The van der Waals surface area contributed by atoms with Crippen LogP contribution in [0.2, 0.25) is 0 Å². The van der Waals surface area contributed by atoms with Crippen molar-refractivity contribution < 1.29 is 19.1 Å². The summed E-state index contributed by atoms with van der Waals surface area (Å²) >= 11 is 0. The van der Waals surface area contributed by atoms with E-state index in [1.54, 1.807) is 24.1 Å². The third-order valence-electron chi connectivity index (χ3n) is 4.51. The van der Waals surface area contributed by atoms with Gasteiger partial charge in [0.1, 0.15) is 5.75 Å². The summed E-state index contributed by atoms with van der Waals surface area (Å²) in [6, 6.07) is 5.40. The molecule has 1 aromatic carbocycles. The molecule has 6 nitrogen and oxygen atoms in total. The van der Waals surface area contributed by atoms with E-state index < -0.39 is 0 Å². The summed E-state index contributed by atoms with van der Waals surface area (Å²) in [7, 11) is 1.59. The maximum atomic E-state index is 12.2. The summed E-state index contributed by atoms with van der Waals surface area (Å²) in [5.74, 6) is 0.674. The number of ether oxygens (including phenoxy) is 2. The van der Waals surface area contributed by atoms with Crippen LogP contribution in [-0.4, -0.2) is 38.2 Å². The highest BCUT2D eigenvalue weighted by Crippen LogP contribution is 2.33. The highest BCUT2D eigenvalue weighted by Gasteiger charge is 2.23. The number of rotatable bonds is 5. The fraction of sp³-hybridized carbons (Fsp3) is 0.556. The first-order valence-electron chi connectivity index (χ1n) is 8.57. The number of anilines is 2. The van der Waals surface area contributed by atoms with E-state index in [4.69, 9.17) is 9.47 Å². The van der Waals surface area contributed by atoms with Crippen LogP contribution < -0.4 is 15.0 Å². The van der Waals surface area contributed by atoms with Crippen molar-refractivity contribution in [2.24, 2.45) is 0 Å². The van der Waals surface area contributed by atoms with Crippen LogP contribution in [0.25, 0.3) is 0 Å². The minimum absolute atomic E-state index is 0.0198. The number of nitrogens with one attached hydrogen (secondary N) is 1. The third kappa shape index (κ3) is 3.87. The number of hydrogen-bond acceptors (Lipinski definition) is 4. The molecule has 130 valence electrons. The summed E-state index contributed by atoms with van der Waals surface area (Å²) in [6.45, 7) is 1.42. The van der Waals surface area contributed by atoms with Crippen molar-refractivity contribution >= 4 is 23.2 Å².